The van der Waals surface area contributed by atoms with E-state index in [1.807, 2.05) is 19.0 Å². The summed E-state index contributed by atoms with van der Waals surface area (Å²) in [7, 11) is 3.76. The lowest BCUT2D eigenvalue weighted by molar-refractivity contribution is -0.0250. The molecule has 24 heavy (non-hydrogen) atoms. The molecule has 5 N–H and O–H groups in total. The summed E-state index contributed by atoms with van der Waals surface area (Å²) in [6.07, 6.45) is -0.423. The highest BCUT2D eigenvalue weighted by atomic mass is 19.3. The Morgan fingerprint density at radius 2 is 2.08 bits per heavy atom. The van der Waals surface area contributed by atoms with Crippen LogP contribution in [0.25, 0.3) is 0 Å². The van der Waals surface area contributed by atoms with Gasteiger partial charge in [-0.25, -0.2) is 8.78 Å². The molecule has 1 aliphatic heterocycles. The van der Waals surface area contributed by atoms with Crippen LogP contribution in [0, 0.1) is 17.3 Å². The first kappa shape index (κ1) is 21.3. The summed E-state index contributed by atoms with van der Waals surface area (Å²) in [5.74, 6) is -0.207. The van der Waals surface area contributed by atoms with Gasteiger partial charge in [0.1, 0.15) is 0 Å². The van der Waals surface area contributed by atoms with Gasteiger partial charge in [-0.15, -0.1) is 0 Å². The maximum absolute atomic E-state index is 14.0. The summed E-state index contributed by atoms with van der Waals surface area (Å²) in [6, 6.07) is -0.158. The van der Waals surface area contributed by atoms with Crippen molar-refractivity contribution in [3.63, 3.8) is 0 Å². The number of nitrogens with zero attached hydrogens (tertiary/aromatic N) is 1. The minimum absolute atomic E-state index is 0.119. The fraction of sp³-hybridized carbons (Fsp3) is 0.882. The highest BCUT2D eigenvalue weighted by molar-refractivity contribution is 5.26. The molecule has 0 bridgehead atoms. The molecule has 5 atom stereocenters. The van der Waals surface area contributed by atoms with E-state index in [2.05, 4.69) is 17.6 Å². The van der Waals surface area contributed by atoms with Gasteiger partial charge in [-0.2, -0.15) is 0 Å². The first-order chi connectivity index (χ1) is 11.2. The fourth-order valence-electron chi connectivity index (χ4n) is 3.49. The maximum atomic E-state index is 14.0. The van der Waals surface area contributed by atoms with Crippen molar-refractivity contribution >= 4 is 0 Å². The van der Waals surface area contributed by atoms with Crippen LogP contribution < -0.4 is 16.4 Å². The van der Waals surface area contributed by atoms with Crippen molar-refractivity contribution in [2.45, 2.75) is 45.8 Å². The summed E-state index contributed by atoms with van der Waals surface area (Å²) >= 11 is 0. The second-order valence-electron chi connectivity index (χ2n) is 7.22. The van der Waals surface area contributed by atoms with Crippen LogP contribution in [0.15, 0.2) is 11.8 Å². The van der Waals surface area contributed by atoms with Crippen molar-refractivity contribution in [2.24, 2.45) is 23.0 Å². The predicted molar refractivity (Wildman–Crippen MR) is 93.7 cm³/mol. The molecule has 0 aliphatic carbocycles. The lowest BCUT2D eigenvalue weighted by atomic mass is 9.65. The summed E-state index contributed by atoms with van der Waals surface area (Å²) in [4.78, 5) is 2.04. The van der Waals surface area contributed by atoms with Crippen molar-refractivity contribution in [3.8, 4) is 0 Å². The van der Waals surface area contributed by atoms with Gasteiger partial charge in [0.05, 0.1) is 18.2 Å². The number of hydrogen-bond donors (Lipinski definition) is 4. The maximum Gasteiger partial charge on any atom is 0.248 e. The lowest BCUT2D eigenvalue weighted by Crippen LogP contribution is -2.57. The zero-order chi connectivity index (χ0) is 18.5. The number of alkyl halides is 2. The number of aliphatic hydroxyl groups is 1. The van der Waals surface area contributed by atoms with E-state index in [1.165, 1.54) is 0 Å². The molecular weight excluding hydrogens is 314 g/mol. The minimum atomic E-state index is -2.48. The number of nitrogens with one attached hydrogen (secondary N) is 2. The van der Waals surface area contributed by atoms with Crippen LogP contribution in [-0.4, -0.2) is 62.4 Å². The van der Waals surface area contributed by atoms with Gasteiger partial charge in [-0.3, -0.25) is 0 Å². The average molecular weight is 348 g/mol. The van der Waals surface area contributed by atoms with Crippen molar-refractivity contribution in [3.05, 3.63) is 11.8 Å². The molecule has 0 saturated heterocycles. The number of likely N-dealkylation sites (N-methyl/N-ethyl adjacent to an activating group) is 2. The number of hydrogen-bond acceptors (Lipinski definition) is 5. The molecule has 0 fully saturated rings. The average Bonchev–Trinajstić information content (AvgIpc) is 2.53. The number of aliphatic hydroxyl groups excluding tert-OH is 1. The van der Waals surface area contributed by atoms with E-state index in [-0.39, 0.29) is 24.5 Å². The molecule has 1 heterocycles. The Balaban J connectivity index is 2.95. The van der Waals surface area contributed by atoms with Crippen LogP contribution in [-0.2, 0) is 0 Å². The van der Waals surface area contributed by atoms with E-state index < -0.39 is 18.0 Å². The summed E-state index contributed by atoms with van der Waals surface area (Å²) in [5.41, 5.74) is 5.39. The van der Waals surface area contributed by atoms with Crippen LogP contribution in [0.3, 0.4) is 0 Å². The van der Waals surface area contributed by atoms with Gasteiger partial charge in [-0.05, 0) is 51.7 Å². The highest BCUT2D eigenvalue weighted by Gasteiger charge is 2.50. The third-order valence-electron chi connectivity index (χ3n) is 5.65. The first-order valence-electron chi connectivity index (χ1n) is 8.67. The first-order valence-corrected chi connectivity index (χ1v) is 8.67. The number of halogens is 2. The standard InChI is InChI=1S/C17H34F2N4O/c1-11(6-7-23(5)8-9-24)14(21-4)13-10-22-15(20)12(2)17(13,3)16(18)19/h10-12,14-16,21-22,24H,6-9,20H2,1-5H3. The Morgan fingerprint density at radius 1 is 1.46 bits per heavy atom. The summed E-state index contributed by atoms with van der Waals surface area (Å²) in [6.45, 7) is 7.00. The molecule has 142 valence electrons. The Labute approximate surface area is 144 Å². The Bertz CT molecular complexity index is 421. The third kappa shape index (κ3) is 4.45. The molecule has 0 saturated carbocycles. The topological polar surface area (TPSA) is 73.5 Å². The van der Waals surface area contributed by atoms with Gasteiger partial charge in [0.15, 0.2) is 0 Å². The van der Waals surface area contributed by atoms with Gasteiger partial charge < -0.3 is 26.4 Å². The minimum Gasteiger partial charge on any atom is -0.395 e. The quantitative estimate of drug-likeness (QED) is 0.504. The molecule has 5 unspecified atom stereocenters. The van der Waals surface area contributed by atoms with E-state index in [1.54, 1.807) is 20.0 Å². The Morgan fingerprint density at radius 3 is 2.58 bits per heavy atom. The SMILES string of the molecule is CNC(C1=CNC(N)C(C)C1(C)C(F)F)C(C)CCN(C)CCO. The largest absolute Gasteiger partial charge is 0.395 e. The Kier molecular flexibility index (Phi) is 8.05. The summed E-state index contributed by atoms with van der Waals surface area (Å²) in [5, 5.41) is 15.2. The molecule has 1 rings (SSSR count). The van der Waals surface area contributed by atoms with E-state index >= 15 is 0 Å². The van der Waals surface area contributed by atoms with Crippen LogP contribution in [0.5, 0.6) is 0 Å². The second kappa shape index (κ2) is 9.08. The monoisotopic (exact) mass is 348 g/mol. The zero-order valence-corrected chi connectivity index (χ0v) is 15.5. The van der Waals surface area contributed by atoms with Crippen molar-refractivity contribution < 1.29 is 13.9 Å². The normalized spacial score (nSPS) is 30.2. The van der Waals surface area contributed by atoms with Gasteiger partial charge in [0, 0.05) is 18.5 Å². The molecule has 1 aliphatic rings. The number of rotatable bonds is 9. The molecule has 0 aromatic heterocycles. The zero-order valence-electron chi connectivity index (χ0n) is 15.5. The van der Waals surface area contributed by atoms with Gasteiger partial charge in [0.2, 0.25) is 6.43 Å². The van der Waals surface area contributed by atoms with Crippen molar-refractivity contribution in [2.75, 3.05) is 33.8 Å². The molecule has 0 radical (unpaired) electrons. The van der Waals surface area contributed by atoms with Crippen molar-refractivity contribution in [1.29, 1.82) is 0 Å². The fourth-order valence-corrected chi connectivity index (χ4v) is 3.49. The highest BCUT2D eigenvalue weighted by Crippen LogP contribution is 2.46. The van der Waals surface area contributed by atoms with Crippen LogP contribution in [0.1, 0.15) is 27.2 Å². The van der Waals surface area contributed by atoms with Crippen molar-refractivity contribution in [1.82, 2.24) is 15.5 Å². The number of nitrogens with two attached hydrogens (primary N) is 1. The van der Waals surface area contributed by atoms with E-state index in [0.717, 1.165) is 13.0 Å². The van der Waals surface area contributed by atoms with Gasteiger partial charge in [0.25, 0.3) is 0 Å². The molecule has 7 heteroatoms. The predicted octanol–water partition coefficient (Wildman–Crippen LogP) is 1.20. The summed E-state index contributed by atoms with van der Waals surface area (Å²) < 4.78 is 27.9. The van der Waals surface area contributed by atoms with E-state index in [0.29, 0.717) is 12.1 Å². The Hall–Kier alpha value is -0.760. The van der Waals surface area contributed by atoms with E-state index in [4.69, 9.17) is 10.8 Å². The lowest BCUT2D eigenvalue weighted by Gasteiger charge is -2.47. The van der Waals surface area contributed by atoms with Gasteiger partial charge in [-0.1, -0.05) is 13.8 Å². The molecule has 0 aromatic rings. The third-order valence-corrected chi connectivity index (χ3v) is 5.65. The molecule has 0 spiro atoms. The molecular formula is C17H34F2N4O. The van der Waals surface area contributed by atoms with Crippen LogP contribution >= 0.6 is 0 Å². The van der Waals surface area contributed by atoms with Gasteiger partial charge >= 0.3 is 0 Å². The van der Waals surface area contributed by atoms with E-state index in [9.17, 15) is 8.78 Å². The molecule has 0 aromatic carbocycles. The van der Waals surface area contributed by atoms with Crippen LogP contribution in [0.2, 0.25) is 0 Å². The molecule has 0 amide bonds. The molecule has 5 nitrogen and oxygen atoms in total. The smallest absolute Gasteiger partial charge is 0.248 e. The second-order valence-corrected chi connectivity index (χ2v) is 7.22. The van der Waals surface area contributed by atoms with Crippen LogP contribution in [0.4, 0.5) is 8.78 Å².